The molecule has 0 aromatic rings. The van der Waals surface area contributed by atoms with Gasteiger partial charge in [-0.2, -0.15) is 6.42 Å². The zero-order chi connectivity index (χ0) is 23.9. The van der Waals surface area contributed by atoms with Crippen molar-refractivity contribution < 1.29 is 56.7 Å². The number of carbonyl (C=O) groups is 4. The van der Waals surface area contributed by atoms with Gasteiger partial charge in [0, 0.05) is 44.5 Å². The molecule has 0 fully saturated rings. The van der Waals surface area contributed by atoms with Crippen molar-refractivity contribution in [2.45, 2.75) is 39.5 Å². The van der Waals surface area contributed by atoms with E-state index >= 15 is 0 Å². The Labute approximate surface area is 208 Å². The average Bonchev–Trinajstić information content (AvgIpc) is 2.75. The summed E-state index contributed by atoms with van der Waals surface area (Å²) in [5.41, 5.74) is 0. The Bertz CT molecular complexity index is 538. The Morgan fingerprint density at radius 1 is 0.697 bits per heavy atom. The second kappa shape index (κ2) is 25.1. The van der Waals surface area contributed by atoms with E-state index in [1.165, 1.54) is 6.92 Å². The number of nitrogens with one attached hydrogen (secondary N) is 3. The molecule has 11 nitrogen and oxygen atoms in total. The topological polar surface area (TPSA) is 141 Å². The van der Waals surface area contributed by atoms with Crippen LogP contribution < -0.4 is 16.0 Å². The van der Waals surface area contributed by atoms with E-state index in [4.69, 9.17) is 18.9 Å². The summed E-state index contributed by atoms with van der Waals surface area (Å²) in [5.74, 6) is -0.448. The summed E-state index contributed by atoms with van der Waals surface area (Å²) in [5, 5.41) is 8.01. The molecule has 0 saturated carbocycles. The minimum absolute atomic E-state index is 0. The van der Waals surface area contributed by atoms with E-state index in [0.717, 1.165) is 6.42 Å². The van der Waals surface area contributed by atoms with E-state index in [9.17, 15) is 19.2 Å². The molecule has 0 aromatic heterocycles. The number of hydrogen-bond acceptors (Lipinski definition) is 8. The minimum atomic E-state index is -0.253. The Balaban J connectivity index is 0. The van der Waals surface area contributed by atoms with E-state index in [1.807, 2.05) is 6.92 Å². The maximum absolute atomic E-state index is 11.6. The minimum Gasteiger partial charge on any atom is -0.506 e. The maximum Gasteiger partial charge on any atom is 0.246 e. The number of Topliss-reactive ketones (excluding diaryl/α,β-unsaturated/α-hetero) is 1. The molecule has 12 heteroatoms. The van der Waals surface area contributed by atoms with Crippen LogP contribution in [-0.4, -0.2) is 89.4 Å². The van der Waals surface area contributed by atoms with Gasteiger partial charge in [0.2, 0.25) is 11.8 Å². The van der Waals surface area contributed by atoms with Crippen LogP contribution in [0.3, 0.4) is 0 Å². The van der Waals surface area contributed by atoms with Gasteiger partial charge in [-0.3, -0.25) is 19.2 Å². The second-order valence-corrected chi connectivity index (χ2v) is 6.79. The van der Waals surface area contributed by atoms with Gasteiger partial charge in [-0.1, -0.05) is 6.92 Å². The van der Waals surface area contributed by atoms with Crippen LogP contribution in [0.1, 0.15) is 39.5 Å². The number of ether oxygens (including phenoxy) is 4. The fourth-order valence-electron chi connectivity index (χ4n) is 2.17. The molecule has 0 aliphatic rings. The summed E-state index contributed by atoms with van der Waals surface area (Å²) in [7, 11) is 0. The van der Waals surface area contributed by atoms with E-state index in [-0.39, 0.29) is 61.9 Å². The van der Waals surface area contributed by atoms with Gasteiger partial charge in [0.05, 0.1) is 39.6 Å². The maximum atomic E-state index is 11.6. The molecule has 3 amide bonds. The van der Waals surface area contributed by atoms with Crippen LogP contribution in [0, 0.1) is 6.54 Å². The van der Waals surface area contributed by atoms with E-state index < -0.39 is 0 Å². The van der Waals surface area contributed by atoms with Gasteiger partial charge < -0.3 is 34.9 Å². The largest absolute Gasteiger partial charge is 0.506 e. The molecule has 0 atom stereocenters. The van der Waals surface area contributed by atoms with Crippen molar-refractivity contribution >= 4 is 23.5 Å². The van der Waals surface area contributed by atoms with Gasteiger partial charge in [0.1, 0.15) is 13.2 Å². The Morgan fingerprint density at radius 2 is 1.24 bits per heavy atom. The number of ketones is 1. The summed E-state index contributed by atoms with van der Waals surface area (Å²) in [4.78, 5) is 45.1. The van der Waals surface area contributed by atoms with Crippen molar-refractivity contribution in [1.82, 2.24) is 16.0 Å². The summed E-state index contributed by atoms with van der Waals surface area (Å²) >= 11 is 0. The zero-order valence-electron chi connectivity index (χ0n) is 19.7. The SMILES string of the molecule is CCCC(=O)N[CH-]CCC(=O)NCCOCCOCC(=O)NCCOCCOCC(C)=O.[V]. The smallest absolute Gasteiger partial charge is 0.246 e. The molecule has 3 N–H and O–H groups in total. The first-order valence-corrected chi connectivity index (χ1v) is 10.9. The van der Waals surface area contributed by atoms with Crippen molar-refractivity contribution in [2.75, 3.05) is 65.9 Å². The van der Waals surface area contributed by atoms with Crippen molar-refractivity contribution in [3.63, 3.8) is 0 Å². The quantitative estimate of drug-likeness (QED) is 0.133. The molecular formula is C21H38N3O8V-. The molecule has 0 rings (SSSR count). The summed E-state index contributed by atoms with van der Waals surface area (Å²) in [6.45, 7) is 7.65. The van der Waals surface area contributed by atoms with Crippen LogP contribution in [0.2, 0.25) is 0 Å². The van der Waals surface area contributed by atoms with Crippen molar-refractivity contribution in [2.24, 2.45) is 0 Å². The first-order chi connectivity index (χ1) is 15.5. The molecule has 0 saturated heterocycles. The molecule has 0 bridgehead atoms. The molecule has 0 aliphatic carbocycles. The third-order valence-corrected chi connectivity index (χ3v) is 3.68. The third kappa shape index (κ3) is 26.6. The predicted octanol–water partition coefficient (Wildman–Crippen LogP) is -0.270. The molecular weight excluding hydrogens is 473 g/mol. The Kier molecular flexibility index (Phi) is 25.6. The van der Waals surface area contributed by atoms with Gasteiger partial charge in [-0.05, 0) is 13.3 Å². The van der Waals surface area contributed by atoms with Crippen LogP contribution in [-0.2, 0) is 56.7 Å². The van der Waals surface area contributed by atoms with Gasteiger partial charge in [0.15, 0.2) is 11.7 Å². The van der Waals surface area contributed by atoms with Crippen LogP contribution >= 0.6 is 0 Å². The predicted molar refractivity (Wildman–Crippen MR) is 117 cm³/mol. The number of carbonyl (C=O) groups excluding carboxylic acids is 4. The first kappa shape index (κ1) is 33.7. The van der Waals surface area contributed by atoms with Gasteiger partial charge in [0.25, 0.3) is 0 Å². The third-order valence-electron chi connectivity index (χ3n) is 3.68. The van der Waals surface area contributed by atoms with Crippen LogP contribution in [0.5, 0.6) is 0 Å². The standard InChI is InChI=1S/C21H38N3O8.V/c1-3-5-19(26)22-7-4-6-20(27)23-8-10-29-13-15-32-17-21(28)24-9-11-30-12-14-31-16-18(2)25;/h7H,3-6,8-17H2,1-2H3,(H,22,26)(H,23,27)(H,24,28);/q-1;. The van der Waals surface area contributed by atoms with Gasteiger partial charge >= 0.3 is 0 Å². The summed E-state index contributed by atoms with van der Waals surface area (Å²) < 4.78 is 20.8. The van der Waals surface area contributed by atoms with Crippen LogP contribution in [0.15, 0.2) is 0 Å². The monoisotopic (exact) mass is 511 g/mol. The van der Waals surface area contributed by atoms with Crippen molar-refractivity contribution in [3.8, 4) is 0 Å². The molecule has 0 aliphatic heterocycles. The summed E-state index contributed by atoms with van der Waals surface area (Å²) in [6, 6.07) is 0. The normalized spacial score (nSPS) is 10.2. The van der Waals surface area contributed by atoms with Gasteiger partial charge in [-0.15, -0.1) is 0 Å². The number of amides is 3. The Hall–Kier alpha value is -1.50. The van der Waals surface area contributed by atoms with Gasteiger partial charge in [-0.25, -0.2) is 6.54 Å². The Morgan fingerprint density at radius 3 is 1.82 bits per heavy atom. The molecule has 0 aromatic carbocycles. The molecule has 191 valence electrons. The molecule has 0 spiro atoms. The molecule has 33 heavy (non-hydrogen) atoms. The average molecular weight is 511 g/mol. The zero-order valence-corrected chi connectivity index (χ0v) is 21.1. The van der Waals surface area contributed by atoms with E-state index in [1.54, 1.807) is 6.54 Å². The van der Waals surface area contributed by atoms with E-state index in [2.05, 4.69) is 16.0 Å². The van der Waals surface area contributed by atoms with E-state index in [0.29, 0.717) is 65.4 Å². The molecule has 0 heterocycles. The summed E-state index contributed by atoms with van der Waals surface area (Å²) in [6.07, 6.45) is 2.03. The van der Waals surface area contributed by atoms with Crippen molar-refractivity contribution in [3.05, 3.63) is 6.54 Å². The molecule has 1 radical (unpaired) electrons. The fourth-order valence-corrected chi connectivity index (χ4v) is 2.17. The number of rotatable bonds is 22. The first-order valence-electron chi connectivity index (χ1n) is 10.9. The van der Waals surface area contributed by atoms with Crippen molar-refractivity contribution in [1.29, 1.82) is 0 Å². The second-order valence-electron chi connectivity index (χ2n) is 6.79. The van der Waals surface area contributed by atoms with Crippen LogP contribution in [0.4, 0.5) is 0 Å². The van der Waals surface area contributed by atoms with Crippen LogP contribution in [0.25, 0.3) is 0 Å². The fraction of sp³-hybridized carbons (Fsp3) is 0.762. The molecule has 0 unspecified atom stereocenters. The number of hydrogen-bond donors (Lipinski definition) is 3.